The van der Waals surface area contributed by atoms with Gasteiger partial charge in [-0.1, -0.05) is 110 Å². The molecule has 0 saturated carbocycles. The summed E-state index contributed by atoms with van der Waals surface area (Å²) in [4.78, 5) is 13.4. The third-order valence-electron chi connectivity index (χ3n) is 6.21. The Bertz CT molecular complexity index is 1450. The van der Waals surface area contributed by atoms with E-state index in [1.165, 1.54) is 12.1 Å². The summed E-state index contributed by atoms with van der Waals surface area (Å²) in [6.45, 7) is 4.08. The summed E-state index contributed by atoms with van der Waals surface area (Å²) in [7, 11) is 0. The molecule has 0 amide bonds. The minimum atomic E-state index is -0.913. The molecule has 0 aliphatic carbocycles. The number of halogens is 1. The number of hydrogen-bond acceptors (Lipinski definition) is 4. The molecular formula is C31H23FN4O. The van der Waals surface area contributed by atoms with Crippen molar-refractivity contribution in [2.45, 2.75) is 5.54 Å². The number of benzene rings is 4. The van der Waals surface area contributed by atoms with Crippen molar-refractivity contribution in [3.63, 3.8) is 0 Å². The van der Waals surface area contributed by atoms with E-state index >= 15 is 0 Å². The molecule has 0 fully saturated rings. The first-order valence-electron chi connectivity index (χ1n) is 11.7. The molecule has 37 heavy (non-hydrogen) atoms. The molecule has 0 atom stereocenters. The molecule has 0 spiro atoms. The molecule has 5 rings (SSSR count). The Kier molecular flexibility index (Phi) is 6.64. The smallest absolute Gasteiger partial charge is 0.204 e. The Balaban J connectivity index is 1.66. The minimum absolute atomic E-state index is 0.272. The van der Waals surface area contributed by atoms with Gasteiger partial charge in [0.1, 0.15) is 5.82 Å². The fraction of sp³-hybridized carbons (Fsp3) is 0.0323. The van der Waals surface area contributed by atoms with Crippen LogP contribution in [0.2, 0.25) is 0 Å². The third-order valence-corrected chi connectivity index (χ3v) is 6.21. The summed E-state index contributed by atoms with van der Waals surface area (Å²) in [6.07, 6.45) is 2.28. The van der Waals surface area contributed by atoms with Crippen LogP contribution in [0.3, 0.4) is 0 Å². The minimum Gasteiger partial charge on any atom is -0.298 e. The predicted molar refractivity (Wildman–Crippen MR) is 142 cm³/mol. The van der Waals surface area contributed by atoms with E-state index in [1.54, 1.807) is 23.0 Å². The zero-order chi connectivity index (χ0) is 25.7. The van der Waals surface area contributed by atoms with Gasteiger partial charge < -0.3 is 0 Å². The molecule has 1 heterocycles. The number of rotatable bonds is 8. The van der Waals surface area contributed by atoms with Gasteiger partial charge in [-0.2, -0.15) is 0 Å². The Morgan fingerprint density at radius 2 is 1.24 bits per heavy atom. The molecule has 0 radical (unpaired) electrons. The quantitative estimate of drug-likeness (QED) is 0.118. The van der Waals surface area contributed by atoms with Crippen LogP contribution in [0, 0.1) is 5.82 Å². The zero-order valence-electron chi connectivity index (χ0n) is 19.9. The van der Waals surface area contributed by atoms with Crippen molar-refractivity contribution in [3.05, 3.63) is 162 Å². The highest BCUT2D eigenvalue weighted by molar-refractivity contribution is 6.09. The highest BCUT2D eigenvalue weighted by Crippen LogP contribution is 2.39. The Morgan fingerprint density at radius 3 is 1.70 bits per heavy atom. The Labute approximate surface area is 214 Å². The second kappa shape index (κ2) is 10.3. The molecule has 6 heteroatoms. The number of aldehydes is 1. The number of carbonyl (C=O) groups excluding carboxylic acids is 1. The van der Waals surface area contributed by atoms with Crippen molar-refractivity contribution in [1.29, 1.82) is 0 Å². The van der Waals surface area contributed by atoms with Gasteiger partial charge in [-0.25, -0.2) is 4.39 Å². The monoisotopic (exact) mass is 486 g/mol. The number of tetrazole rings is 1. The predicted octanol–water partition coefficient (Wildman–Crippen LogP) is 5.95. The lowest BCUT2D eigenvalue weighted by Gasteiger charge is -2.34. The number of nitrogens with zero attached hydrogens (tertiary/aromatic N) is 4. The molecular weight excluding hydrogens is 463 g/mol. The van der Waals surface area contributed by atoms with Crippen molar-refractivity contribution in [2.24, 2.45) is 0 Å². The number of aromatic nitrogens is 4. The fourth-order valence-corrected chi connectivity index (χ4v) is 4.45. The van der Waals surface area contributed by atoms with E-state index in [4.69, 9.17) is 5.10 Å². The molecule has 4 aromatic carbocycles. The number of carbonyl (C=O) groups is 1. The van der Waals surface area contributed by atoms with Crippen LogP contribution in [0.5, 0.6) is 0 Å². The summed E-state index contributed by atoms with van der Waals surface area (Å²) in [5.41, 5.74) is 3.26. The van der Waals surface area contributed by atoms with E-state index in [9.17, 15) is 9.18 Å². The second-order valence-electron chi connectivity index (χ2n) is 8.46. The van der Waals surface area contributed by atoms with Gasteiger partial charge in [-0.05, 0) is 45.7 Å². The summed E-state index contributed by atoms with van der Waals surface area (Å²) >= 11 is 0. The maximum Gasteiger partial charge on any atom is 0.204 e. The van der Waals surface area contributed by atoms with Gasteiger partial charge in [-0.15, -0.1) is 15.0 Å². The van der Waals surface area contributed by atoms with Crippen LogP contribution < -0.4 is 0 Å². The number of hydrogen-bond donors (Lipinski definition) is 0. The fourth-order valence-electron chi connectivity index (χ4n) is 4.45. The van der Waals surface area contributed by atoms with Crippen molar-refractivity contribution >= 4 is 17.4 Å². The summed E-state index contributed by atoms with van der Waals surface area (Å²) in [6, 6.07) is 35.7. The number of allylic oxidation sites excluding steroid dienone is 3. The first-order valence-corrected chi connectivity index (χ1v) is 11.7. The average Bonchev–Trinajstić information content (AvgIpc) is 3.45. The molecule has 1 aromatic heterocycles. The first-order chi connectivity index (χ1) is 18.1. The van der Waals surface area contributed by atoms with Crippen LogP contribution in [-0.4, -0.2) is 26.5 Å². The lowest BCUT2D eigenvalue weighted by Crippen LogP contribution is -2.39. The average molecular weight is 487 g/mol. The zero-order valence-corrected chi connectivity index (χ0v) is 19.9. The van der Waals surface area contributed by atoms with Gasteiger partial charge in [0.25, 0.3) is 0 Å². The van der Waals surface area contributed by atoms with Gasteiger partial charge in [0.05, 0.1) is 0 Å². The van der Waals surface area contributed by atoms with E-state index in [1.807, 2.05) is 91.0 Å². The molecule has 0 aliphatic heterocycles. The van der Waals surface area contributed by atoms with E-state index in [2.05, 4.69) is 16.9 Å². The highest BCUT2D eigenvalue weighted by Gasteiger charge is 2.41. The van der Waals surface area contributed by atoms with Crippen LogP contribution in [0.1, 0.15) is 28.1 Å². The molecule has 0 bridgehead atoms. The summed E-state index contributed by atoms with van der Waals surface area (Å²) in [5, 5.41) is 13.6. The lowest BCUT2D eigenvalue weighted by molar-refractivity contribution is -0.103. The highest BCUT2D eigenvalue weighted by atomic mass is 19.1. The SMILES string of the molecule is C=C(C=C(C=O)c1ccc(F)cc1)c1nnn(C(c2ccccc2)(c2ccccc2)c2ccccc2)n1. The van der Waals surface area contributed by atoms with E-state index in [0.29, 0.717) is 23.0 Å². The maximum absolute atomic E-state index is 13.4. The second-order valence-corrected chi connectivity index (χ2v) is 8.46. The van der Waals surface area contributed by atoms with Crippen molar-refractivity contribution in [2.75, 3.05) is 0 Å². The van der Waals surface area contributed by atoms with E-state index < -0.39 is 5.54 Å². The molecule has 0 saturated heterocycles. The van der Waals surface area contributed by atoms with Crippen LogP contribution in [-0.2, 0) is 10.3 Å². The van der Waals surface area contributed by atoms with Gasteiger partial charge in [0.2, 0.25) is 5.82 Å². The largest absolute Gasteiger partial charge is 0.298 e. The third kappa shape index (κ3) is 4.52. The van der Waals surface area contributed by atoms with Gasteiger partial charge in [-0.3, -0.25) is 4.79 Å². The topological polar surface area (TPSA) is 60.7 Å². The van der Waals surface area contributed by atoms with Crippen LogP contribution in [0.15, 0.2) is 128 Å². The van der Waals surface area contributed by atoms with E-state index in [0.717, 1.165) is 16.7 Å². The normalized spacial score (nSPS) is 11.8. The van der Waals surface area contributed by atoms with Crippen LogP contribution >= 0.6 is 0 Å². The standard InChI is InChI=1S/C31H23FN4O/c1-23(21-25(22-37)24-17-19-29(32)20-18-24)30-33-35-36(34-30)31(26-11-5-2-6-12-26,27-13-7-3-8-14-27)28-15-9-4-10-16-28/h2-22H,1H2. The molecule has 180 valence electrons. The van der Waals surface area contributed by atoms with Crippen molar-refractivity contribution in [3.8, 4) is 0 Å². The van der Waals surface area contributed by atoms with Crippen LogP contribution in [0.25, 0.3) is 11.1 Å². The van der Waals surface area contributed by atoms with Crippen molar-refractivity contribution in [1.82, 2.24) is 20.2 Å². The summed E-state index contributed by atoms with van der Waals surface area (Å²) < 4.78 is 13.4. The molecule has 0 N–H and O–H groups in total. The Morgan fingerprint density at radius 1 is 0.757 bits per heavy atom. The molecule has 0 aliphatic rings. The molecule has 5 aromatic rings. The van der Waals surface area contributed by atoms with E-state index in [-0.39, 0.29) is 11.6 Å². The molecule has 5 nitrogen and oxygen atoms in total. The van der Waals surface area contributed by atoms with Gasteiger partial charge in [0, 0.05) is 11.1 Å². The maximum atomic E-state index is 13.4. The first kappa shape index (κ1) is 23.8. The summed E-state index contributed by atoms with van der Waals surface area (Å²) in [5.74, 6) is -0.106. The van der Waals surface area contributed by atoms with Crippen molar-refractivity contribution < 1.29 is 9.18 Å². The van der Waals surface area contributed by atoms with Crippen LogP contribution in [0.4, 0.5) is 4.39 Å². The lowest BCUT2D eigenvalue weighted by atomic mass is 9.77. The van der Waals surface area contributed by atoms with Gasteiger partial charge in [0.15, 0.2) is 11.8 Å². The molecule has 0 unspecified atom stereocenters. The Hall–Kier alpha value is -4.97. The van der Waals surface area contributed by atoms with Gasteiger partial charge >= 0.3 is 0 Å².